The summed E-state index contributed by atoms with van der Waals surface area (Å²) in [6.07, 6.45) is 0. The lowest BCUT2D eigenvalue weighted by Crippen LogP contribution is -2.32. The van der Waals surface area contributed by atoms with Gasteiger partial charge in [-0.1, -0.05) is 63.9 Å². The molecule has 28 heavy (non-hydrogen) atoms. The molecule has 0 spiro atoms. The molecule has 0 aromatic heterocycles. The Hall–Kier alpha value is -2.89. The van der Waals surface area contributed by atoms with Crippen molar-refractivity contribution in [1.82, 2.24) is 0 Å². The van der Waals surface area contributed by atoms with Gasteiger partial charge in [-0.25, -0.2) is 4.90 Å². The van der Waals surface area contributed by atoms with Gasteiger partial charge in [-0.05, 0) is 48.0 Å². The molecule has 0 atom stereocenters. The highest BCUT2D eigenvalue weighted by Crippen LogP contribution is 2.34. The van der Waals surface area contributed by atoms with E-state index in [1.54, 1.807) is 24.3 Å². The smallest absolute Gasteiger partial charge is 0.282 e. The van der Waals surface area contributed by atoms with Crippen LogP contribution in [0.3, 0.4) is 0 Å². The summed E-state index contributed by atoms with van der Waals surface area (Å²) in [5.74, 6) is -0.790. The van der Waals surface area contributed by atoms with E-state index in [1.807, 2.05) is 54.6 Å². The number of rotatable bonds is 4. The fourth-order valence-corrected chi connectivity index (χ4v) is 3.58. The molecule has 4 nitrogen and oxygen atoms in total. The third-order valence-corrected chi connectivity index (χ3v) is 5.07. The molecule has 6 heteroatoms. The molecular formula is C22H14BrClN2O2. The maximum Gasteiger partial charge on any atom is 0.282 e. The summed E-state index contributed by atoms with van der Waals surface area (Å²) in [6.45, 7) is 0. The van der Waals surface area contributed by atoms with E-state index in [-0.39, 0.29) is 11.6 Å². The highest BCUT2D eigenvalue weighted by Gasteiger charge is 2.40. The van der Waals surface area contributed by atoms with Crippen molar-refractivity contribution in [2.24, 2.45) is 0 Å². The Balaban J connectivity index is 1.81. The number of nitrogens with one attached hydrogen (secondary N) is 1. The van der Waals surface area contributed by atoms with E-state index < -0.39 is 5.91 Å². The fourth-order valence-electron chi connectivity index (χ4n) is 3.05. The highest BCUT2D eigenvalue weighted by atomic mass is 79.9. The molecule has 0 radical (unpaired) electrons. The Bertz CT molecular complexity index is 1100. The highest BCUT2D eigenvalue weighted by molar-refractivity contribution is 9.10. The minimum Gasteiger partial charge on any atom is -0.350 e. The molecule has 1 heterocycles. The van der Waals surface area contributed by atoms with E-state index in [9.17, 15) is 9.59 Å². The largest absolute Gasteiger partial charge is 0.350 e. The Kier molecular flexibility index (Phi) is 5.03. The lowest BCUT2D eigenvalue weighted by Gasteiger charge is -2.15. The summed E-state index contributed by atoms with van der Waals surface area (Å²) in [5.41, 5.74) is 2.43. The van der Waals surface area contributed by atoms with Crippen molar-refractivity contribution < 1.29 is 9.59 Å². The van der Waals surface area contributed by atoms with Crippen molar-refractivity contribution in [3.05, 3.63) is 99.6 Å². The van der Waals surface area contributed by atoms with Crippen molar-refractivity contribution in [3.8, 4) is 0 Å². The van der Waals surface area contributed by atoms with Gasteiger partial charge in [-0.3, -0.25) is 9.59 Å². The van der Waals surface area contributed by atoms with E-state index in [0.29, 0.717) is 27.5 Å². The monoisotopic (exact) mass is 452 g/mol. The quantitative estimate of drug-likeness (QED) is 0.531. The van der Waals surface area contributed by atoms with Gasteiger partial charge in [0, 0.05) is 15.2 Å². The van der Waals surface area contributed by atoms with E-state index in [0.717, 1.165) is 4.47 Å². The lowest BCUT2D eigenvalue weighted by molar-refractivity contribution is -0.120. The van der Waals surface area contributed by atoms with Crippen molar-refractivity contribution >= 4 is 56.3 Å². The molecule has 1 aliphatic rings. The molecule has 1 N–H and O–H groups in total. The predicted octanol–water partition coefficient (Wildman–Crippen LogP) is 5.50. The summed E-state index contributed by atoms with van der Waals surface area (Å²) >= 11 is 9.37. The van der Waals surface area contributed by atoms with E-state index >= 15 is 0 Å². The number of hydrogen-bond acceptors (Lipinski definition) is 3. The first kappa shape index (κ1) is 18.5. The normalized spacial score (nSPS) is 14.0. The van der Waals surface area contributed by atoms with Crippen LogP contribution in [0.1, 0.15) is 5.56 Å². The number of hydrogen-bond donors (Lipinski definition) is 1. The van der Waals surface area contributed by atoms with Gasteiger partial charge >= 0.3 is 0 Å². The Labute approximate surface area is 175 Å². The Morgan fingerprint density at radius 1 is 0.821 bits per heavy atom. The number of benzene rings is 3. The molecule has 0 bridgehead atoms. The van der Waals surface area contributed by atoms with Crippen molar-refractivity contribution in [3.63, 3.8) is 0 Å². The number of imide groups is 1. The number of carbonyl (C=O) groups excluding carboxylic acids is 2. The van der Waals surface area contributed by atoms with Gasteiger partial charge in [-0.2, -0.15) is 0 Å². The lowest BCUT2D eigenvalue weighted by atomic mass is 10.0. The van der Waals surface area contributed by atoms with Crippen molar-refractivity contribution in [2.45, 2.75) is 0 Å². The number of nitrogens with zero attached hydrogens (tertiary/aromatic N) is 1. The van der Waals surface area contributed by atoms with Crippen molar-refractivity contribution in [2.75, 3.05) is 10.2 Å². The Morgan fingerprint density at radius 2 is 1.54 bits per heavy atom. The van der Waals surface area contributed by atoms with Crippen LogP contribution >= 0.6 is 27.5 Å². The fraction of sp³-hybridized carbons (Fsp3) is 0. The molecule has 1 aliphatic heterocycles. The minimum absolute atomic E-state index is 0.240. The molecule has 138 valence electrons. The van der Waals surface area contributed by atoms with Gasteiger partial charge in [0.1, 0.15) is 5.70 Å². The number of carbonyl (C=O) groups is 2. The van der Waals surface area contributed by atoms with Crippen LogP contribution in [0.25, 0.3) is 5.57 Å². The maximum atomic E-state index is 13.2. The predicted molar refractivity (Wildman–Crippen MR) is 115 cm³/mol. The first-order valence-corrected chi connectivity index (χ1v) is 9.68. The molecule has 2 amide bonds. The zero-order valence-electron chi connectivity index (χ0n) is 14.5. The topological polar surface area (TPSA) is 49.4 Å². The van der Waals surface area contributed by atoms with Crippen LogP contribution in [0.5, 0.6) is 0 Å². The first-order valence-electron chi connectivity index (χ1n) is 8.51. The van der Waals surface area contributed by atoms with Crippen LogP contribution in [-0.2, 0) is 9.59 Å². The summed E-state index contributed by atoms with van der Waals surface area (Å²) in [4.78, 5) is 27.6. The van der Waals surface area contributed by atoms with Crippen LogP contribution < -0.4 is 10.2 Å². The summed E-state index contributed by atoms with van der Waals surface area (Å²) in [5, 5.41) is 3.67. The maximum absolute atomic E-state index is 13.2. The van der Waals surface area contributed by atoms with Gasteiger partial charge < -0.3 is 5.32 Å². The van der Waals surface area contributed by atoms with E-state index in [1.165, 1.54) is 4.90 Å². The van der Waals surface area contributed by atoms with Gasteiger partial charge in [-0.15, -0.1) is 0 Å². The van der Waals surface area contributed by atoms with Crippen LogP contribution in [-0.4, -0.2) is 11.8 Å². The summed E-state index contributed by atoms with van der Waals surface area (Å²) in [7, 11) is 0. The molecule has 0 saturated heterocycles. The van der Waals surface area contributed by atoms with Crippen LogP contribution in [0.2, 0.25) is 5.02 Å². The molecule has 0 saturated carbocycles. The van der Waals surface area contributed by atoms with Crippen LogP contribution in [0.4, 0.5) is 11.4 Å². The van der Waals surface area contributed by atoms with Crippen LogP contribution in [0, 0.1) is 0 Å². The zero-order valence-corrected chi connectivity index (χ0v) is 16.9. The van der Waals surface area contributed by atoms with Gasteiger partial charge in [0.25, 0.3) is 11.8 Å². The number of anilines is 2. The second-order valence-corrected chi connectivity index (χ2v) is 7.53. The Morgan fingerprint density at radius 3 is 2.21 bits per heavy atom. The van der Waals surface area contributed by atoms with Crippen molar-refractivity contribution in [1.29, 1.82) is 0 Å². The molecule has 0 fully saturated rings. The average molecular weight is 454 g/mol. The second kappa shape index (κ2) is 7.62. The molecule has 0 aliphatic carbocycles. The molecular weight excluding hydrogens is 440 g/mol. The van der Waals surface area contributed by atoms with Gasteiger partial charge in [0.2, 0.25) is 0 Å². The summed E-state index contributed by atoms with van der Waals surface area (Å²) in [6, 6.07) is 23.2. The second-order valence-electron chi connectivity index (χ2n) is 6.17. The molecule has 0 unspecified atom stereocenters. The first-order chi connectivity index (χ1) is 13.5. The molecule has 4 rings (SSSR count). The third kappa shape index (κ3) is 3.46. The van der Waals surface area contributed by atoms with Crippen LogP contribution in [0.15, 0.2) is 89.0 Å². The minimum atomic E-state index is -0.411. The zero-order chi connectivity index (χ0) is 19.7. The van der Waals surface area contributed by atoms with Gasteiger partial charge in [0.05, 0.1) is 11.3 Å². The standard InChI is InChI=1S/C22H14BrClN2O2/c23-15-7-4-8-17(13-15)25-20-19(14-5-2-1-3-6-14)21(27)26(22(20)28)18-11-9-16(24)10-12-18/h1-13,25H. The summed E-state index contributed by atoms with van der Waals surface area (Å²) < 4.78 is 0.866. The third-order valence-electron chi connectivity index (χ3n) is 4.33. The number of amides is 2. The number of halogens is 2. The average Bonchev–Trinajstić information content (AvgIpc) is 2.93. The van der Waals surface area contributed by atoms with Gasteiger partial charge in [0.15, 0.2) is 0 Å². The van der Waals surface area contributed by atoms with E-state index in [2.05, 4.69) is 21.2 Å². The molecule has 3 aromatic rings. The molecule has 3 aromatic carbocycles. The SMILES string of the molecule is O=C1C(Nc2cccc(Br)c2)=C(c2ccccc2)C(=O)N1c1ccc(Cl)cc1. The van der Waals surface area contributed by atoms with E-state index in [4.69, 9.17) is 11.6 Å².